The number of nitrogens with one attached hydrogen (secondary N) is 1. The van der Waals surface area contributed by atoms with Crippen molar-refractivity contribution in [2.75, 3.05) is 19.8 Å². The predicted octanol–water partition coefficient (Wildman–Crippen LogP) is 1.50. The zero-order valence-corrected chi connectivity index (χ0v) is 8.72. The van der Waals surface area contributed by atoms with Gasteiger partial charge in [-0.1, -0.05) is 5.57 Å². The summed E-state index contributed by atoms with van der Waals surface area (Å²) >= 11 is 0. The molecule has 0 aliphatic carbocycles. The Balaban J connectivity index is 3.33. The zero-order chi connectivity index (χ0) is 10.1. The molecule has 0 aliphatic heterocycles. The Hall–Kier alpha value is -0.830. The van der Waals surface area contributed by atoms with Gasteiger partial charge in [0.25, 0.3) is 0 Å². The van der Waals surface area contributed by atoms with E-state index >= 15 is 0 Å². The molecule has 0 bridgehead atoms. The van der Waals surface area contributed by atoms with E-state index in [0.717, 1.165) is 18.6 Å². The standard InChI is InChI=1S/C10H19NO2/c1-4-13-7-5-6-11-10(12)8-9(2)3/h8H,4-7H2,1-3H3,(H,11,12). The summed E-state index contributed by atoms with van der Waals surface area (Å²) in [5.74, 6) is -0.0171. The molecule has 0 aliphatic rings. The van der Waals surface area contributed by atoms with Crippen LogP contribution in [0.5, 0.6) is 0 Å². The van der Waals surface area contributed by atoms with Crippen molar-refractivity contribution in [3.8, 4) is 0 Å². The third kappa shape index (κ3) is 9.08. The van der Waals surface area contributed by atoms with E-state index < -0.39 is 0 Å². The van der Waals surface area contributed by atoms with Gasteiger partial charge in [0, 0.05) is 25.8 Å². The molecule has 0 saturated carbocycles. The number of amides is 1. The van der Waals surface area contributed by atoms with E-state index in [4.69, 9.17) is 4.74 Å². The van der Waals surface area contributed by atoms with Crippen LogP contribution in [0.2, 0.25) is 0 Å². The fraction of sp³-hybridized carbons (Fsp3) is 0.700. The van der Waals surface area contributed by atoms with E-state index in [2.05, 4.69) is 5.32 Å². The number of rotatable bonds is 6. The van der Waals surface area contributed by atoms with Crippen molar-refractivity contribution >= 4 is 5.91 Å². The fourth-order valence-corrected chi connectivity index (χ4v) is 0.843. The summed E-state index contributed by atoms with van der Waals surface area (Å²) in [7, 11) is 0. The van der Waals surface area contributed by atoms with E-state index in [0.29, 0.717) is 13.2 Å². The maximum atomic E-state index is 11.1. The first-order valence-corrected chi connectivity index (χ1v) is 4.67. The number of hydrogen-bond acceptors (Lipinski definition) is 2. The largest absolute Gasteiger partial charge is 0.382 e. The van der Waals surface area contributed by atoms with Crippen LogP contribution in [0.4, 0.5) is 0 Å². The first kappa shape index (κ1) is 12.2. The highest BCUT2D eigenvalue weighted by molar-refractivity contribution is 5.87. The van der Waals surface area contributed by atoms with Gasteiger partial charge in [-0.2, -0.15) is 0 Å². The molecule has 0 aromatic heterocycles. The quantitative estimate of drug-likeness (QED) is 0.503. The summed E-state index contributed by atoms with van der Waals surface area (Å²) < 4.78 is 5.13. The predicted molar refractivity (Wildman–Crippen MR) is 53.6 cm³/mol. The number of allylic oxidation sites excluding steroid dienone is 1. The third-order valence-electron chi connectivity index (χ3n) is 1.39. The lowest BCUT2D eigenvalue weighted by molar-refractivity contribution is -0.116. The summed E-state index contributed by atoms with van der Waals surface area (Å²) in [5, 5.41) is 2.78. The maximum absolute atomic E-state index is 11.1. The van der Waals surface area contributed by atoms with Crippen molar-refractivity contribution in [3.05, 3.63) is 11.6 Å². The Morgan fingerprint density at radius 1 is 1.46 bits per heavy atom. The molecule has 0 aromatic rings. The van der Waals surface area contributed by atoms with Crippen molar-refractivity contribution in [1.82, 2.24) is 5.32 Å². The SMILES string of the molecule is CCOCCCNC(=O)C=C(C)C. The molecule has 0 spiro atoms. The monoisotopic (exact) mass is 185 g/mol. The molecule has 0 heterocycles. The molecule has 1 N–H and O–H groups in total. The van der Waals surface area contributed by atoms with Crippen molar-refractivity contribution < 1.29 is 9.53 Å². The average molecular weight is 185 g/mol. The van der Waals surface area contributed by atoms with Gasteiger partial charge in [-0.15, -0.1) is 0 Å². The van der Waals surface area contributed by atoms with Gasteiger partial charge in [-0.05, 0) is 27.2 Å². The zero-order valence-electron chi connectivity index (χ0n) is 8.72. The van der Waals surface area contributed by atoms with Gasteiger partial charge >= 0.3 is 0 Å². The Bertz CT molecular complexity index is 172. The molecular formula is C10H19NO2. The highest BCUT2D eigenvalue weighted by Crippen LogP contribution is 1.87. The van der Waals surface area contributed by atoms with E-state index in [-0.39, 0.29) is 5.91 Å². The Morgan fingerprint density at radius 2 is 2.15 bits per heavy atom. The maximum Gasteiger partial charge on any atom is 0.243 e. The van der Waals surface area contributed by atoms with E-state index in [1.54, 1.807) is 6.08 Å². The minimum absolute atomic E-state index is 0.0171. The van der Waals surface area contributed by atoms with Crippen LogP contribution in [-0.4, -0.2) is 25.7 Å². The summed E-state index contributed by atoms with van der Waals surface area (Å²) in [6, 6.07) is 0. The first-order valence-electron chi connectivity index (χ1n) is 4.67. The van der Waals surface area contributed by atoms with Crippen LogP contribution in [0.3, 0.4) is 0 Å². The number of carbonyl (C=O) groups excluding carboxylic acids is 1. The van der Waals surface area contributed by atoms with Gasteiger partial charge in [-0.3, -0.25) is 4.79 Å². The molecule has 0 aromatic carbocycles. The number of ether oxygens (including phenoxy) is 1. The molecule has 0 rings (SSSR count). The summed E-state index contributed by atoms with van der Waals surface area (Å²) in [5.41, 5.74) is 1.02. The van der Waals surface area contributed by atoms with Gasteiger partial charge in [-0.25, -0.2) is 0 Å². The Morgan fingerprint density at radius 3 is 2.69 bits per heavy atom. The van der Waals surface area contributed by atoms with Crippen molar-refractivity contribution in [1.29, 1.82) is 0 Å². The topological polar surface area (TPSA) is 38.3 Å². The Kier molecular flexibility index (Phi) is 7.30. The van der Waals surface area contributed by atoms with Gasteiger partial charge < -0.3 is 10.1 Å². The van der Waals surface area contributed by atoms with Gasteiger partial charge in [0.15, 0.2) is 0 Å². The molecule has 3 heteroatoms. The molecule has 1 amide bonds. The second kappa shape index (κ2) is 7.80. The second-order valence-electron chi connectivity index (χ2n) is 3.06. The summed E-state index contributed by atoms with van der Waals surface area (Å²) in [6.45, 7) is 7.90. The summed E-state index contributed by atoms with van der Waals surface area (Å²) in [6.07, 6.45) is 2.47. The van der Waals surface area contributed by atoms with Crippen molar-refractivity contribution in [2.45, 2.75) is 27.2 Å². The number of hydrogen-bond donors (Lipinski definition) is 1. The lowest BCUT2D eigenvalue weighted by Gasteiger charge is -2.02. The van der Waals surface area contributed by atoms with Crippen LogP contribution in [0.25, 0.3) is 0 Å². The molecule has 0 saturated heterocycles. The third-order valence-corrected chi connectivity index (χ3v) is 1.39. The molecule has 0 atom stereocenters. The lowest BCUT2D eigenvalue weighted by Crippen LogP contribution is -2.23. The molecule has 0 radical (unpaired) electrons. The normalized spacial score (nSPS) is 9.46. The summed E-state index contributed by atoms with van der Waals surface area (Å²) in [4.78, 5) is 11.1. The average Bonchev–Trinajstić information content (AvgIpc) is 2.02. The second-order valence-corrected chi connectivity index (χ2v) is 3.06. The van der Waals surface area contributed by atoms with Gasteiger partial charge in [0.1, 0.15) is 0 Å². The van der Waals surface area contributed by atoms with E-state index in [9.17, 15) is 4.79 Å². The highest BCUT2D eigenvalue weighted by Gasteiger charge is 1.94. The molecule has 13 heavy (non-hydrogen) atoms. The fourth-order valence-electron chi connectivity index (χ4n) is 0.843. The van der Waals surface area contributed by atoms with E-state index in [1.807, 2.05) is 20.8 Å². The molecule has 3 nitrogen and oxygen atoms in total. The van der Waals surface area contributed by atoms with Crippen LogP contribution in [0.1, 0.15) is 27.2 Å². The minimum atomic E-state index is -0.0171. The van der Waals surface area contributed by atoms with Gasteiger partial charge in [0.2, 0.25) is 5.91 Å². The van der Waals surface area contributed by atoms with Crippen LogP contribution in [0, 0.1) is 0 Å². The Labute approximate surface area is 80.2 Å². The first-order chi connectivity index (χ1) is 6.16. The lowest BCUT2D eigenvalue weighted by atomic mass is 10.3. The van der Waals surface area contributed by atoms with Crippen molar-refractivity contribution in [2.24, 2.45) is 0 Å². The van der Waals surface area contributed by atoms with Crippen LogP contribution >= 0.6 is 0 Å². The molecule has 0 unspecified atom stereocenters. The molecular weight excluding hydrogens is 166 g/mol. The van der Waals surface area contributed by atoms with Crippen LogP contribution in [0.15, 0.2) is 11.6 Å². The number of carbonyl (C=O) groups is 1. The van der Waals surface area contributed by atoms with Crippen LogP contribution in [-0.2, 0) is 9.53 Å². The smallest absolute Gasteiger partial charge is 0.243 e. The van der Waals surface area contributed by atoms with Crippen LogP contribution < -0.4 is 5.32 Å². The van der Waals surface area contributed by atoms with Crippen molar-refractivity contribution in [3.63, 3.8) is 0 Å². The molecule has 76 valence electrons. The van der Waals surface area contributed by atoms with Gasteiger partial charge in [0.05, 0.1) is 0 Å². The van der Waals surface area contributed by atoms with E-state index in [1.165, 1.54) is 0 Å². The highest BCUT2D eigenvalue weighted by atomic mass is 16.5. The molecule has 0 fully saturated rings. The minimum Gasteiger partial charge on any atom is -0.382 e.